The number of rotatable bonds is 3. The molecular weight excluding hydrogens is 257 g/mol. The van der Waals surface area contributed by atoms with Crippen molar-refractivity contribution in [2.45, 2.75) is 39.3 Å². The van der Waals surface area contributed by atoms with Gasteiger partial charge in [0.1, 0.15) is 0 Å². The summed E-state index contributed by atoms with van der Waals surface area (Å²) in [4.78, 5) is 0. The van der Waals surface area contributed by atoms with Crippen LogP contribution >= 0.6 is 23.2 Å². The van der Waals surface area contributed by atoms with Crippen molar-refractivity contribution < 1.29 is 5.11 Å². The molecule has 17 heavy (non-hydrogen) atoms. The third-order valence-corrected chi connectivity index (χ3v) is 3.30. The smallest absolute Gasteiger partial charge is 0.0806 e. The lowest BCUT2D eigenvalue weighted by Gasteiger charge is -2.29. The molecule has 96 valence electrons. The van der Waals surface area contributed by atoms with Crippen LogP contribution in [0.2, 0.25) is 10.0 Å². The standard InChI is InChI=1S/C13H19Cl2NO/c1-13(2,3)12(16)7-11(17)8-4-9(14)6-10(15)5-8/h4-6,11-12,17H,7,16H2,1-3H3/t11-,12-/m1/s1. The Morgan fingerprint density at radius 1 is 1.18 bits per heavy atom. The summed E-state index contributed by atoms with van der Waals surface area (Å²) < 4.78 is 0. The first kappa shape index (κ1) is 14.8. The Morgan fingerprint density at radius 3 is 2.06 bits per heavy atom. The molecule has 1 rings (SSSR count). The molecule has 0 aromatic heterocycles. The number of aliphatic hydroxyl groups excluding tert-OH is 1. The monoisotopic (exact) mass is 275 g/mol. The predicted molar refractivity (Wildman–Crippen MR) is 73.5 cm³/mol. The van der Waals surface area contributed by atoms with Gasteiger partial charge in [0.25, 0.3) is 0 Å². The van der Waals surface area contributed by atoms with Gasteiger partial charge in [-0.25, -0.2) is 0 Å². The topological polar surface area (TPSA) is 46.2 Å². The summed E-state index contributed by atoms with van der Waals surface area (Å²) in [6.07, 6.45) is -0.152. The zero-order valence-corrected chi connectivity index (χ0v) is 11.9. The number of hydrogen-bond donors (Lipinski definition) is 2. The lowest BCUT2D eigenvalue weighted by Crippen LogP contribution is -2.36. The van der Waals surface area contributed by atoms with E-state index in [2.05, 4.69) is 20.8 Å². The molecule has 3 N–H and O–H groups in total. The molecule has 0 spiro atoms. The van der Waals surface area contributed by atoms with Gasteiger partial charge in [0.15, 0.2) is 0 Å². The van der Waals surface area contributed by atoms with Crippen LogP contribution in [0.5, 0.6) is 0 Å². The van der Waals surface area contributed by atoms with E-state index in [1.807, 2.05) is 0 Å². The van der Waals surface area contributed by atoms with E-state index in [-0.39, 0.29) is 11.5 Å². The van der Waals surface area contributed by atoms with Gasteiger partial charge in [-0.1, -0.05) is 44.0 Å². The first-order valence-corrected chi connectivity index (χ1v) is 6.35. The second kappa shape index (κ2) is 5.57. The van der Waals surface area contributed by atoms with E-state index in [1.165, 1.54) is 0 Å². The summed E-state index contributed by atoms with van der Waals surface area (Å²) in [5, 5.41) is 11.2. The SMILES string of the molecule is CC(C)(C)[C@H](N)C[C@@H](O)c1cc(Cl)cc(Cl)c1. The zero-order valence-electron chi connectivity index (χ0n) is 10.4. The first-order chi connectivity index (χ1) is 7.70. The number of aliphatic hydroxyl groups is 1. The summed E-state index contributed by atoms with van der Waals surface area (Å²) >= 11 is 11.8. The maximum absolute atomic E-state index is 10.1. The Kier molecular flexibility index (Phi) is 4.85. The Hall–Kier alpha value is -0.280. The molecule has 0 radical (unpaired) electrons. The molecule has 0 saturated heterocycles. The third kappa shape index (κ3) is 4.47. The van der Waals surface area contributed by atoms with E-state index in [4.69, 9.17) is 28.9 Å². The highest BCUT2D eigenvalue weighted by molar-refractivity contribution is 6.34. The fourth-order valence-corrected chi connectivity index (χ4v) is 2.04. The molecule has 1 aromatic rings. The van der Waals surface area contributed by atoms with Crippen LogP contribution in [-0.4, -0.2) is 11.1 Å². The number of benzene rings is 1. The maximum Gasteiger partial charge on any atom is 0.0806 e. The van der Waals surface area contributed by atoms with Crippen molar-refractivity contribution in [3.05, 3.63) is 33.8 Å². The highest BCUT2D eigenvalue weighted by Gasteiger charge is 2.24. The summed E-state index contributed by atoms with van der Waals surface area (Å²) in [6.45, 7) is 6.15. The van der Waals surface area contributed by atoms with Crippen molar-refractivity contribution in [2.24, 2.45) is 11.1 Å². The zero-order chi connectivity index (χ0) is 13.2. The van der Waals surface area contributed by atoms with Crippen molar-refractivity contribution in [2.75, 3.05) is 0 Å². The lowest BCUT2D eigenvalue weighted by atomic mass is 9.83. The molecule has 0 aliphatic rings. The molecule has 0 heterocycles. The van der Waals surface area contributed by atoms with Gasteiger partial charge >= 0.3 is 0 Å². The van der Waals surface area contributed by atoms with E-state index < -0.39 is 6.10 Å². The van der Waals surface area contributed by atoms with Crippen molar-refractivity contribution in [3.63, 3.8) is 0 Å². The number of halogens is 2. The van der Waals surface area contributed by atoms with Crippen LogP contribution in [-0.2, 0) is 0 Å². The number of hydrogen-bond acceptors (Lipinski definition) is 2. The number of nitrogens with two attached hydrogens (primary N) is 1. The summed E-state index contributed by atoms with van der Waals surface area (Å²) in [5.74, 6) is 0. The minimum atomic E-state index is -0.638. The van der Waals surface area contributed by atoms with Crippen LogP contribution in [0.4, 0.5) is 0 Å². The summed E-state index contributed by atoms with van der Waals surface area (Å²) in [7, 11) is 0. The Bertz CT molecular complexity index is 367. The van der Waals surface area contributed by atoms with Crippen molar-refractivity contribution in [1.29, 1.82) is 0 Å². The van der Waals surface area contributed by atoms with Gasteiger partial charge in [0, 0.05) is 16.1 Å². The van der Waals surface area contributed by atoms with Crippen LogP contribution in [0, 0.1) is 5.41 Å². The minimum absolute atomic E-state index is 0.0383. The Balaban J connectivity index is 2.79. The van der Waals surface area contributed by atoms with Gasteiger partial charge in [0.2, 0.25) is 0 Å². The van der Waals surface area contributed by atoms with Gasteiger partial charge in [0.05, 0.1) is 6.10 Å². The molecule has 1 aromatic carbocycles. The molecule has 2 atom stereocenters. The highest BCUT2D eigenvalue weighted by Crippen LogP contribution is 2.29. The summed E-state index contributed by atoms with van der Waals surface area (Å²) in [5.41, 5.74) is 6.71. The van der Waals surface area contributed by atoms with E-state index in [0.717, 1.165) is 0 Å². The maximum atomic E-state index is 10.1. The second-order valence-electron chi connectivity index (χ2n) is 5.43. The van der Waals surface area contributed by atoms with Crippen LogP contribution in [0.15, 0.2) is 18.2 Å². The summed E-state index contributed by atoms with van der Waals surface area (Å²) in [6, 6.07) is 4.99. The molecule has 0 aliphatic heterocycles. The normalized spacial score (nSPS) is 15.7. The van der Waals surface area contributed by atoms with Gasteiger partial charge in [-0.3, -0.25) is 0 Å². The third-order valence-electron chi connectivity index (χ3n) is 2.86. The highest BCUT2D eigenvalue weighted by atomic mass is 35.5. The molecule has 0 saturated carbocycles. The lowest BCUT2D eigenvalue weighted by molar-refractivity contribution is 0.133. The van der Waals surface area contributed by atoms with Gasteiger partial charge < -0.3 is 10.8 Å². The van der Waals surface area contributed by atoms with E-state index in [9.17, 15) is 5.11 Å². The second-order valence-corrected chi connectivity index (χ2v) is 6.30. The minimum Gasteiger partial charge on any atom is -0.388 e. The molecule has 0 aliphatic carbocycles. The average Bonchev–Trinajstić information content (AvgIpc) is 2.14. The van der Waals surface area contributed by atoms with Crippen molar-refractivity contribution in [3.8, 4) is 0 Å². The average molecular weight is 276 g/mol. The molecule has 0 unspecified atom stereocenters. The van der Waals surface area contributed by atoms with E-state index >= 15 is 0 Å². The van der Waals surface area contributed by atoms with Crippen LogP contribution < -0.4 is 5.73 Å². The Morgan fingerprint density at radius 2 is 1.65 bits per heavy atom. The molecule has 2 nitrogen and oxygen atoms in total. The van der Waals surface area contributed by atoms with Crippen LogP contribution in [0.1, 0.15) is 38.9 Å². The fourth-order valence-electron chi connectivity index (χ4n) is 1.50. The molecule has 0 fully saturated rings. The molecular formula is C13H19Cl2NO. The van der Waals surface area contributed by atoms with Crippen molar-refractivity contribution >= 4 is 23.2 Å². The molecule has 0 bridgehead atoms. The predicted octanol–water partition coefficient (Wildman–Crippen LogP) is 3.79. The fraction of sp³-hybridized carbons (Fsp3) is 0.538. The van der Waals surface area contributed by atoms with E-state index in [0.29, 0.717) is 22.0 Å². The first-order valence-electron chi connectivity index (χ1n) is 5.60. The van der Waals surface area contributed by atoms with Gasteiger partial charge in [-0.15, -0.1) is 0 Å². The van der Waals surface area contributed by atoms with Crippen LogP contribution in [0.25, 0.3) is 0 Å². The van der Waals surface area contributed by atoms with Crippen molar-refractivity contribution in [1.82, 2.24) is 0 Å². The molecule has 0 amide bonds. The largest absolute Gasteiger partial charge is 0.388 e. The van der Waals surface area contributed by atoms with Gasteiger partial charge in [-0.05, 0) is 35.6 Å². The van der Waals surface area contributed by atoms with Gasteiger partial charge in [-0.2, -0.15) is 0 Å². The van der Waals surface area contributed by atoms with E-state index in [1.54, 1.807) is 18.2 Å². The quantitative estimate of drug-likeness (QED) is 0.882. The van der Waals surface area contributed by atoms with Crippen LogP contribution in [0.3, 0.4) is 0 Å². The molecule has 4 heteroatoms. The Labute approximate surface area is 113 Å².